The summed E-state index contributed by atoms with van der Waals surface area (Å²) in [5, 5.41) is 4.05. The lowest BCUT2D eigenvalue weighted by molar-refractivity contribution is 0.148. The molecule has 19 heavy (non-hydrogen) atoms. The van der Waals surface area contributed by atoms with Crippen molar-refractivity contribution in [2.75, 3.05) is 7.05 Å². The molecule has 0 radical (unpaired) electrons. The predicted octanol–water partition coefficient (Wildman–Crippen LogP) is 3.42. The third kappa shape index (κ3) is 4.30. The SMILES string of the molecule is CCCCc1noc(CN(C)C2CCC(C)CC2)n1. The van der Waals surface area contributed by atoms with Crippen LogP contribution in [0.15, 0.2) is 4.52 Å². The highest BCUT2D eigenvalue weighted by molar-refractivity contribution is 4.87. The van der Waals surface area contributed by atoms with E-state index in [0.29, 0.717) is 6.04 Å². The van der Waals surface area contributed by atoms with Crippen molar-refractivity contribution in [3.63, 3.8) is 0 Å². The smallest absolute Gasteiger partial charge is 0.240 e. The highest BCUT2D eigenvalue weighted by Gasteiger charge is 2.22. The van der Waals surface area contributed by atoms with Crippen molar-refractivity contribution in [2.24, 2.45) is 5.92 Å². The van der Waals surface area contributed by atoms with Crippen LogP contribution in [0.25, 0.3) is 0 Å². The van der Waals surface area contributed by atoms with Gasteiger partial charge in [-0.25, -0.2) is 0 Å². The molecule has 108 valence electrons. The van der Waals surface area contributed by atoms with Crippen molar-refractivity contribution in [3.05, 3.63) is 11.7 Å². The zero-order valence-electron chi connectivity index (χ0n) is 12.6. The van der Waals surface area contributed by atoms with Crippen LogP contribution in [0, 0.1) is 5.92 Å². The molecular formula is C15H27N3O. The van der Waals surface area contributed by atoms with Crippen LogP contribution in [-0.4, -0.2) is 28.1 Å². The van der Waals surface area contributed by atoms with Gasteiger partial charge in [-0.3, -0.25) is 4.90 Å². The second kappa shape index (κ2) is 7.04. The molecule has 4 heteroatoms. The minimum Gasteiger partial charge on any atom is -0.338 e. The molecule has 1 heterocycles. The molecule has 0 N–H and O–H groups in total. The summed E-state index contributed by atoms with van der Waals surface area (Å²) < 4.78 is 5.34. The summed E-state index contributed by atoms with van der Waals surface area (Å²) >= 11 is 0. The minimum atomic E-state index is 0.683. The standard InChI is InChI=1S/C15H27N3O/c1-4-5-6-14-16-15(19-17-14)11-18(3)13-9-7-12(2)8-10-13/h12-13H,4-11H2,1-3H3. The van der Waals surface area contributed by atoms with Gasteiger partial charge in [0.15, 0.2) is 5.82 Å². The molecule has 0 unspecified atom stereocenters. The first kappa shape index (κ1) is 14.5. The van der Waals surface area contributed by atoms with E-state index in [0.717, 1.165) is 37.0 Å². The Kier molecular flexibility index (Phi) is 5.37. The molecule has 0 aromatic carbocycles. The molecule has 0 spiro atoms. The Labute approximate surface area is 116 Å². The lowest BCUT2D eigenvalue weighted by Gasteiger charge is -2.32. The third-order valence-corrected chi connectivity index (χ3v) is 4.26. The van der Waals surface area contributed by atoms with E-state index in [4.69, 9.17) is 4.52 Å². The van der Waals surface area contributed by atoms with Crippen LogP contribution in [-0.2, 0) is 13.0 Å². The first-order valence-corrected chi connectivity index (χ1v) is 7.70. The van der Waals surface area contributed by atoms with Gasteiger partial charge in [-0.1, -0.05) is 25.4 Å². The third-order valence-electron chi connectivity index (χ3n) is 4.26. The van der Waals surface area contributed by atoms with E-state index in [9.17, 15) is 0 Å². The Morgan fingerprint density at radius 1 is 1.26 bits per heavy atom. The molecule has 0 bridgehead atoms. The van der Waals surface area contributed by atoms with Crippen LogP contribution in [0.5, 0.6) is 0 Å². The first-order chi connectivity index (χ1) is 9.19. The molecule has 1 fully saturated rings. The van der Waals surface area contributed by atoms with Gasteiger partial charge in [0.25, 0.3) is 0 Å². The Hall–Kier alpha value is -0.900. The van der Waals surface area contributed by atoms with Gasteiger partial charge in [0, 0.05) is 12.5 Å². The Balaban J connectivity index is 1.81. The number of aromatic nitrogens is 2. The summed E-state index contributed by atoms with van der Waals surface area (Å²) in [6, 6.07) is 0.683. The molecule has 1 aromatic rings. The lowest BCUT2D eigenvalue weighted by Crippen LogP contribution is -2.34. The van der Waals surface area contributed by atoms with Crippen molar-refractivity contribution in [2.45, 2.75) is 71.4 Å². The van der Waals surface area contributed by atoms with Gasteiger partial charge < -0.3 is 4.52 Å². The normalized spacial score (nSPS) is 24.0. The summed E-state index contributed by atoms with van der Waals surface area (Å²) in [6.07, 6.45) is 8.54. The topological polar surface area (TPSA) is 42.2 Å². The summed E-state index contributed by atoms with van der Waals surface area (Å²) in [7, 11) is 2.18. The maximum atomic E-state index is 5.34. The van der Waals surface area contributed by atoms with Gasteiger partial charge in [0.05, 0.1) is 6.54 Å². The molecule has 1 aliphatic carbocycles. The van der Waals surface area contributed by atoms with Gasteiger partial charge >= 0.3 is 0 Å². The van der Waals surface area contributed by atoms with Crippen LogP contribution in [0.1, 0.15) is 64.1 Å². The molecule has 0 atom stereocenters. The van der Waals surface area contributed by atoms with E-state index in [2.05, 4.69) is 35.9 Å². The zero-order valence-corrected chi connectivity index (χ0v) is 12.6. The second-order valence-corrected chi connectivity index (χ2v) is 6.04. The molecule has 1 aromatic heterocycles. The largest absolute Gasteiger partial charge is 0.338 e. The van der Waals surface area contributed by atoms with E-state index in [-0.39, 0.29) is 0 Å². The van der Waals surface area contributed by atoms with Crippen molar-refractivity contribution in [1.82, 2.24) is 15.0 Å². The quantitative estimate of drug-likeness (QED) is 0.790. The molecule has 1 saturated carbocycles. The van der Waals surface area contributed by atoms with Crippen LogP contribution in [0.3, 0.4) is 0 Å². The Morgan fingerprint density at radius 2 is 2.00 bits per heavy atom. The monoisotopic (exact) mass is 265 g/mol. The molecule has 0 aliphatic heterocycles. The fourth-order valence-corrected chi connectivity index (χ4v) is 2.82. The number of rotatable bonds is 6. The van der Waals surface area contributed by atoms with E-state index >= 15 is 0 Å². The summed E-state index contributed by atoms with van der Waals surface area (Å²) in [4.78, 5) is 6.86. The number of hydrogen-bond acceptors (Lipinski definition) is 4. The van der Waals surface area contributed by atoms with Crippen LogP contribution in [0.4, 0.5) is 0 Å². The summed E-state index contributed by atoms with van der Waals surface area (Å²) in [6.45, 7) is 5.32. The van der Waals surface area contributed by atoms with E-state index in [1.54, 1.807) is 0 Å². The van der Waals surface area contributed by atoms with Gasteiger partial charge in [-0.2, -0.15) is 4.98 Å². The second-order valence-electron chi connectivity index (χ2n) is 6.04. The highest BCUT2D eigenvalue weighted by atomic mass is 16.5. The predicted molar refractivity (Wildman–Crippen MR) is 75.8 cm³/mol. The molecular weight excluding hydrogens is 238 g/mol. The van der Waals surface area contributed by atoms with Gasteiger partial charge in [-0.15, -0.1) is 0 Å². The number of aryl methyl sites for hydroxylation is 1. The number of hydrogen-bond donors (Lipinski definition) is 0. The van der Waals surface area contributed by atoms with Crippen LogP contribution in [0.2, 0.25) is 0 Å². The molecule has 2 rings (SSSR count). The fourth-order valence-electron chi connectivity index (χ4n) is 2.82. The maximum absolute atomic E-state index is 5.34. The lowest BCUT2D eigenvalue weighted by atomic mass is 9.87. The average molecular weight is 265 g/mol. The van der Waals surface area contributed by atoms with Gasteiger partial charge in [-0.05, 0) is 45.1 Å². The van der Waals surface area contributed by atoms with Crippen molar-refractivity contribution >= 4 is 0 Å². The highest BCUT2D eigenvalue weighted by Crippen LogP contribution is 2.27. The average Bonchev–Trinajstić information content (AvgIpc) is 2.84. The molecule has 1 aliphatic rings. The van der Waals surface area contributed by atoms with Crippen molar-refractivity contribution in [1.29, 1.82) is 0 Å². The molecule has 4 nitrogen and oxygen atoms in total. The van der Waals surface area contributed by atoms with Crippen molar-refractivity contribution in [3.8, 4) is 0 Å². The minimum absolute atomic E-state index is 0.683. The Bertz CT molecular complexity index is 369. The van der Waals surface area contributed by atoms with E-state index in [1.807, 2.05) is 0 Å². The van der Waals surface area contributed by atoms with Crippen LogP contribution < -0.4 is 0 Å². The molecule has 0 amide bonds. The van der Waals surface area contributed by atoms with Gasteiger partial charge in [0.1, 0.15) is 0 Å². The number of nitrogens with zero attached hydrogens (tertiary/aromatic N) is 3. The van der Waals surface area contributed by atoms with Crippen LogP contribution >= 0.6 is 0 Å². The maximum Gasteiger partial charge on any atom is 0.240 e. The fraction of sp³-hybridized carbons (Fsp3) is 0.867. The summed E-state index contributed by atoms with van der Waals surface area (Å²) in [5.74, 6) is 2.53. The number of unbranched alkanes of at least 4 members (excludes halogenated alkanes) is 1. The summed E-state index contributed by atoms with van der Waals surface area (Å²) in [5.41, 5.74) is 0. The van der Waals surface area contributed by atoms with E-state index in [1.165, 1.54) is 32.1 Å². The van der Waals surface area contributed by atoms with Gasteiger partial charge in [0.2, 0.25) is 5.89 Å². The first-order valence-electron chi connectivity index (χ1n) is 7.70. The molecule has 0 saturated heterocycles. The zero-order chi connectivity index (χ0) is 13.7. The Morgan fingerprint density at radius 3 is 2.68 bits per heavy atom. The van der Waals surface area contributed by atoms with Crippen molar-refractivity contribution < 1.29 is 4.52 Å². The van der Waals surface area contributed by atoms with E-state index < -0.39 is 0 Å².